The van der Waals surface area contributed by atoms with Crippen LogP contribution in [0.5, 0.6) is 0 Å². The van der Waals surface area contributed by atoms with E-state index in [0.717, 1.165) is 17.3 Å². The van der Waals surface area contributed by atoms with Gasteiger partial charge in [-0.1, -0.05) is 0 Å². The Labute approximate surface area is 107 Å². The van der Waals surface area contributed by atoms with Gasteiger partial charge in [0.05, 0.1) is 6.54 Å². The maximum atomic E-state index is 5.55. The summed E-state index contributed by atoms with van der Waals surface area (Å²) in [6.45, 7) is 2.59. The summed E-state index contributed by atoms with van der Waals surface area (Å²) in [6.07, 6.45) is 1.77. The molecule has 0 aromatic carbocycles. The van der Waals surface area contributed by atoms with E-state index in [2.05, 4.69) is 9.97 Å². The Balaban J connectivity index is 2.13. The summed E-state index contributed by atoms with van der Waals surface area (Å²) in [4.78, 5) is 12.7. The summed E-state index contributed by atoms with van der Waals surface area (Å²) in [5, 5.41) is 0. The highest BCUT2D eigenvalue weighted by Crippen LogP contribution is 2.15. The second-order valence-electron chi connectivity index (χ2n) is 4.48. The molecule has 18 heavy (non-hydrogen) atoms. The van der Waals surface area contributed by atoms with Crippen molar-refractivity contribution in [2.45, 2.75) is 13.5 Å². The maximum absolute atomic E-state index is 5.55. The normalized spacial score (nSPS) is 10.4. The van der Waals surface area contributed by atoms with E-state index in [-0.39, 0.29) is 0 Å². The number of aromatic nitrogens is 2. The molecule has 0 saturated carbocycles. The maximum Gasteiger partial charge on any atom is 0.227 e. The lowest BCUT2D eigenvalue weighted by atomic mass is 10.4. The summed E-state index contributed by atoms with van der Waals surface area (Å²) >= 11 is 0. The van der Waals surface area contributed by atoms with Gasteiger partial charge in [0, 0.05) is 27.3 Å². The predicted octanol–water partition coefficient (Wildman–Crippen LogP) is 2.08. The zero-order valence-electron chi connectivity index (χ0n) is 11.2. The van der Waals surface area contributed by atoms with Gasteiger partial charge in [0.25, 0.3) is 0 Å². The van der Waals surface area contributed by atoms with Crippen molar-refractivity contribution < 1.29 is 4.42 Å². The molecule has 2 aromatic rings. The molecule has 0 unspecified atom stereocenters. The average Bonchev–Trinajstić information content (AvgIpc) is 2.75. The van der Waals surface area contributed by atoms with Crippen LogP contribution in [0.1, 0.15) is 11.5 Å². The summed E-state index contributed by atoms with van der Waals surface area (Å²) in [6, 6.07) is 5.82. The molecular formula is C13H18N4O. The number of aryl methyl sites for hydroxylation is 1. The molecule has 5 nitrogen and oxygen atoms in total. The van der Waals surface area contributed by atoms with E-state index in [1.165, 1.54) is 0 Å². The molecule has 0 saturated heterocycles. The van der Waals surface area contributed by atoms with Crippen LogP contribution in [-0.4, -0.2) is 31.1 Å². The van der Waals surface area contributed by atoms with E-state index < -0.39 is 0 Å². The largest absolute Gasteiger partial charge is 0.464 e. The highest BCUT2D eigenvalue weighted by Gasteiger charge is 2.09. The van der Waals surface area contributed by atoms with Gasteiger partial charge >= 0.3 is 0 Å². The fourth-order valence-corrected chi connectivity index (χ4v) is 1.65. The van der Waals surface area contributed by atoms with Crippen molar-refractivity contribution in [3.63, 3.8) is 0 Å². The van der Waals surface area contributed by atoms with Crippen molar-refractivity contribution in [1.82, 2.24) is 9.97 Å². The Morgan fingerprint density at radius 3 is 2.56 bits per heavy atom. The van der Waals surface area contributed by atoms with Crippen molar-refractivity contribution in [2.24, 2.45) is 0 Å². The van der Waals surface area contributed by atoms with Gasteiger partial charge in [-0.3, -0.25) is 0 Å². The number of nitrogens with zero attached hydrogens (tertiary/aromatic N) is 4. The van der Waals surface area contributed by atoms with Gasteiger partial charge in [-0.2, -0.15) is 4.98 Å². The Kier molecular flexibility index (Phi) is 3.50. The van der Waals surface area contributed by atoms with Crippen molar-refractivity contribution in [1.29, 1.82) is 0 Å². The first-order valence-corrected chi connectivity index (χ1v) is 5.83. The van der Waals surface area contributed by atoms with Gasteiger partial charge in [0.1, 0.15) is 17.3 Å². The highest BCUT2D eigenvalue weighted by atomic mass is 16.3. The average molecular weight is 246 g/mol. The van der Waals surface area contributed by atoms with Gasteiger partial charge in [-0.25, -0.2) is 4.98 Å². The molecule has 0 aliphatic rings. The van der Waals surface area contributed by atoms with Gasteiger partial charge in [0.2, 0.25) is 5.95 Å². The van der Waals surface area contributed by atoms with Crippen LogP contribution < -0.4 is 9.80 Å². The topological polar surface area (TPSA) is 45.4 Å². The molecule has 5 heteroatoms. The minimum absolute atomic E-state index is 0.657. The van der Waals surface area contributed by atoms with Gasteiger partial charge < -0.3 is 14.2 Å². The molecular weight excluding hydrogens is 228 g/mol. The lowest BCUT2D eigenvalue weighted by Crippen LogP contribution is -2.20. The molecule has 0 radical (unpaired) electrons. The fraction of sp³-hybridized carbons (Fsp3) is 0.385. The molecule has 2 heterocycles. The van der Waals surface area contributed by atoms with Crippen LogP contribution in [0.3, 0.4) is 0 Å². The van der Waals surface area contributed by atoms with E-state index in [4.69, 9.17) is 4.42 Å². The SMILES string of the molecule is Cc1ccc(CN(C)c2nccc(N(C)C)n2)o1. The Hall–Kier alpha value is -2.04. The third-order valence-corrected chi connectivity index (χ3v) is 2.62. The van der Waals surface area contributed by atoms with Crippen molar-refractivity contribution in [3.8, 4) is 0 Å². The van der Waals surface area contributed by atoms with E-state index in [9.17, 15) is 0 Å². The van der Waals surface area contributed by atoms with Crippen LogP contribution in [0.4, 0.5) is 11.8 Å². The Morgan fingerprint density at radius 2 is 1.94 bits per heavy atom. The second kappa shape index (κ2) is 5.08. The Morgan fingerprint density at radius 1 is 1.17 bits per heavy atom. The smallest absolute Gasteiger partial charge is 0.227 e. The molecule has 0 N–H and O–H groups in total. The minimum Gasteiger partial charge on any atom is -0.464 e. The molecule has 96 valence electrons. The van der Waals surface area contributed by atoms with Crippen molar-refractivity contribution >= 4 is 11.8 Å². The number of furan rings is 1. The number of hydrogen-bond donors (Lipinski definition) is 0. The van der Waals surface area contributed by atoms with E-state index in [0.29, 0.717) is 12.5 Å². The molecule has 0 aliphatic heterocycles. The van der Waals surface area contributed by atoms with Crippen molar-refractivity contribution in [3.05, 3.63) is 35.9 Å². The van der Waals surface area contributed by atoms with Gasteiger partial charge in [-0.05, 0) is 25.1 Å². The molecule has 2 rings (SSSR count). The fourth-order valence-electron chi connectivity index (χ4n) is 1.65. The number of hydrogen-bond acceptors (Lipinski definition) is 5. The van der Waals surface area contributed by atoms with Gasteiger partial charge in [0.15, 0.2) is 0 Å². The van der Waals surface area contributed by atoms with Crippen LogP contribution in [-0.2, 0) is 6.54 Å². The van der Waals surface area contributed by atoms with Crippen LogP contribution in [0.25, 0.3) is 0 Å². The van der Waals surface area contributed by atoms with Crippen LogP contribution in [0, 0.1) is 6.92 Å². The minimum atomic E-state index is 0.657. The quantitative estimate of drug-likeness (QED) is 0.826. The lowest BCUT2D eigenvalue weighted by Gasteiger charge is -2.18. The summed E-state index contributed by atoms with van der Waals surface area (Å²) in [5.41, 5.74) is 0. The summed E-state index contributed by atoms with van der Waals surface area (Å²) in [7, 11) is 5.87. The monoisotopic (exact) mass is 246 g/mol. The Bertz CT molecular complexity index is 521. The third-order valence-electron chi connectivity index (χ3n) is 2.62. The van der Waals surface area contributed by atoms with E-state index >= 15 is 0 Å². The summed E-state index contributed by atoms with van der Waals surface area (Å²) in [5.74, 6) is 3.41. The first-order valence-electron chi connectivity index (χ1n) is 5.83. The zero-order chi connectivity index (χ0) is 13.1. The second-order valence-corrected chi connectivity index (χ2v) is 4.48. The zero-order valence-corrected chi connectivity index (χ0v) is 11.2. The molecule has 0 aliphatic carbocycles. The van der Waals surface area contributed by atoms with E-state index in [1.807, 2.05) is 56.1 Å². The van der Waals surface area contributed by atoms with E-state index in [1.54, 1.807) is 6.20 Å². The molecule has 0 amide bonds. The first kappa shape index (κ1) is 12.4. The summed E-state index contributed by atoms with van der Waals surface area (Å²) < 4.78 is 5.55. The molecule has 0 fully saturated rings. The van der Waals surface area contributed by atoms with Crippen LogP contribution in [0.2, 0.25) is 0 Å². The first-order chi connectivity index (χ1) is 8.56. The van der Waals surface area contributed by atoms with Crippen LogP contribution in [0.15, 0.2) is 28.8 Å². The number of rotatable bonds is 4. The molecule has 0 bridgehead atoms. The van der Waals surface area contributed by atoms with Crippen LogP contribution >= 0.6 is 0 Å². The molecule has 2 aromatic heterocycles. The highest BCUT2D eigenvalue weighted by molar-refractivity contribution is 5.42. The number of anilines is 2. The molecule has 0 spiro atoms. The standard InChI is InChI=1S/C13H18N4O/c1-10-5-6-11(18-10)9-17(4)13-14-8-7-12(15-13)16(2)3/h5-8H,9H2,1-4H3. The molecule has 0 atom stereocenters. The lowest BCUT2D eigenvalue weighted by molar-refractivity contribution is 0.480. The van der Waals surface area contributed by atoms with Gasteiger partial charge in [-0.15, -0.1) is 0 Å². The van der Waals surface area contributed by atoms with Crippen molar-refractivity contribution in [2.75, 3.05) is 30.9 Å². The third kappa shape index (κ3) is 2.80. The predicted molar refractivity (Wildman–Crippen MR) is 71.9 cm³/mol.